The molecule has 4 nitrogen and oxygen atoms in total. The Morgan fingerprint density at radius 2 is 1.96 bits per heavy atom. The highest BCUT2D eigenvalue weighted by atomic mass is 16.5. The summed E-state index contributed by atoms with van der Waals surface area (Å²) in [5.41, 5.74) is 6.86. The van der Waals surface area contributed by atoms with Crippen LogP contribution in [0.1, 0.15) is 48.1 Å². The number of rotatable bonds is 4. The van der Waals surface area contributed by atoms with Gasteiger partial charge in [0.05, 0.1) is 18.2 Å². The number of nitrogens with one attached hydrogen (secondary N) is 2. The Labute approximate surface area is 147 Å². The van der Waals surface area contributed by atoms with Crippen molar-refractivity contribution in [1.82, 2.24) is 0 Å². The van der Waals surface area contributed by atoms with Crippen LogP contribution in [-0.4, -0.2) is 12.6 Å². The molecule has 25 heavy (non-hydrogen) atoms. The van der Waals surface area contributed by atoms with Crippen LogP contribution in [0.4, 0.5) is 11.4 Å². The fourth-order valence-electron chi connectivity index (χ4n) is 3.69. The molecule has 0 saturated carbocycles. The molecule has 0 radical (unpaired) electrons. The first-order valence-corrected chi connectivity index (χ1v) is 8.88. The van der Waals surface area contributed by atoms with Gasteiger partial charge in [0.25, 0.3) is 0 Å². The number of carbonyl (C=O) groups is 1. The molecule has 0 saturated heterocycles. The van der Waals surface area contributed by atoms with E-state index in [1.807, 2.05) is 31.2 Å². The highest BCUT2D eigenvalue weighted by molar-refractivity contribution is 5.89. The normalized spacial score (nSPS) is 18.2. The van der Waals surface area contributed by atoms with Crippen molar-refractivity contribution in [2.75, 3.05) is 17.2 Å². The van der Waals surface area contributed by atoms with Gasteiger partial charge >= 0.3 is 5.97 Å². The van der Waals surface area contributed by atoms with E-state index in [-0.39, 0.29) is 12.0 Å². The van der Waals surface area contributed by atoms with Crippen molar-refractivity contribution in [3.63, 3.8) is 0 Å². The lowest BCUT2D eigenvalue weighted by Gasteiger charge is -2.30. The van der Waals surface area contributed by atoms with E-state index >= 15 is 0 Å². The number of esters is 1. The third kappa shape index (κ3) is 3.00. The van der Waals surface area contributed by atoms with Crippen LogP contribution in [0.5, 0.6) is 0 Å². The Kier molecular flexibility index (Phi) is 4.18. The zero-order chi connectivity index (χ0) is 17.2. The van der Waals surface area contributed by atoms with Gasteiger partial charge in [0, 0.05) is 22.6 Å². The van der Waals surface area contributed by atoms with E-state index in [1.165, 1.54) is 28.9 Å². The lowest BCUT2D eigenvalue weighted by atomic mass is 9.92. The summed E-state index contributed by atoms with van der Waals surface area (Å²) in [5.74, 6) is -0.276. The molecule has 1 aliphatic heterocycles. The number of fused-ring (bicyclic) bond motifs is 1. The quantitative estimate of drug-likeness (QED) is 0.783. The van der Waals surface area contributed by atoms with E-state index in [1.54, 1.807) is 0 Å². The maximum Gasteiger partial charge on any atom is 0.338 e. The lowest BCUT2D eigenvalue weighted by molar-refractivity contribution is 0.0526. The van der Waals surface area contributed by atoms with E-state index in [4.69, 9.17) is 4.74 Å². The molecule has 1 atom stereocenters. The predicted octanol–water partition coefficient (Wildman–Crippen LogP) is 4.88. The lowest BCUT2D eigenvalue weighted by Crippen LogP contribution is -2.21. The van der Waals surface area contributed by atoms with Gasteiger partial charge in [-0.3, -0.25) is 0 Å². The summed E-state index contributed by atoms with van der Waals surface area (Å²) in [7, 11) is 0. The van der Waals surface area contributed by atoms with Crippen LogP contribution >= 0.6 is 0 Å². The molecule has 2 aromatic rings. The first-order valence-electron chi connectivity index (χ1n) is 8.88. The maximum absolute atomic E-state index is 11.8. The first kappa shape index (κ1) is 15.8. The molecular formula is C21H22N2O2. The van der Waals surface area contributed by atoms with E-state index in [2.05, 4.69) is 34.9 Å². The molecule has 2 aromatic carbocycles. The minimum atomic E-state index is -0.276. The fourth-order valence-corrected chi connectivity index (χ4v) is 3.69. The van der Waals surface area contributed by atoms with E-state index in [9.17, 15) is 4.79 Å². The molecular weight excluding hydrogens is 312 g/mol. The van der Waals surface area contributed by atoms with Crippen LogP contribution < -0.4 is 10.6 Å². The molecule has 2 aliphatic rings. The highest BCUT2D eigenvalue weighted by Crippen LogP contribution is 2.44. The van der Waals surface area contributed by atoms with Crippen molar-refractivity contribution in [1.29, 1.82) is 0 Å². The average molecular weight is 334 g/mol. The van der Waals surface area contributed by atoms with Crippen LogP contribution in [0.3, 0.4) is 0 Å². The Hall–Kier alpha value is -2.75. The summed E-state index contributed by atoms with van der Waals surface area (Å²) in [5, 5.41) is 7.25. The maximum atomic E-state index is 11.8. The van der Waals surface area contributed by atoms with Gasteiger partial charge in [-0.2, -0.15) is 0 Å². The van der Waals surface area contributed by atoms with Gasteiger partial charge in [0.2, 0.25) is 0 Å². The van der Waals surface area contributed by atoms with Crippen molar-refractivity contribution in [2.45, 2.75) is 32.2 Å². The highest BCUT2D eigenvalue weighted by Gasteiger charge is 2.30. The van der Waals surface area contributed by atoms with Gasteiger partial charge in [0.15, 0.2) is 0 Å². The Morgan fingerprint density at radius 1 is 1.16 bits per heavy atom. The number of ether oxygens (including phenoxy) is 1. The molecule has 1 heterocycles. The molecule has 1 unspecified atom stereocenters. The van der Waals surface area contributed by atoms with Gasteiger partial charge in [-0.25, -0.2) is 4.79 Å². The summed E-state index contributed by atoms with van der Waals surface area (Å²) >= 11 is 0. The zero-order valence-corrected chi connectivity index (χ0v) is 14.3. The van der Waals surface area contributed by atoms with Gasteiger partial charge < -0.3 is 15.4 Å². The monoisotopic (exact) mass is 334 g/mol. The van der Waals surface area contributed by atoms with Crippen molar-refractivity contribution in [2.24, 2.45) is 0 Å². The van der Waals surface area contributed by atoms with Crippen LogP contribution in [0.25, 0.3) is 0 Å². The Balaban J connectivity index is 1.60. The summed E-state index contributed by atoms with van der Waals surface area (Å²) < 4.78 is 5.05. The molecule has 0 spiro atoms. The number of para-hydroxylation sites is 1. The summed E-state index contributed by atoms with van der Waals surface area (Å²) in [6, 6.07) is 16.2. The molecule has 0 bridgehead atoms. The largest absolute Gasteiger partial charge is 0.462 e. The van der Waals surface area contributed by atoms with E-state index in [0.29, 0.717) is 12.2 Å². The summed E-state index contributed by atoms with van der Waals surface area (Å²) in [6.45, 7) is 2.21. The van der Waals surface area contributed by atoms with Crippen molar-refractivity contribution < 1.29 is 9.53 Å². The third-order valence-electron chi connectivity index (χ3n) is 4.87. The molecule has 0 fully saturated rings. The number of anilines is 2. The van der Waals surface area contributed by atoms with Gasteiger partial charge in [0.1, 0.15) is 0 Å². The van der Waals surface area contributed by atoms with Crippen LogP contribution in [0.15, 0.2) is 59.8 Å². The minimum Gasteiger partial charge on any atom is -0.462 e. The standard InChI is InChI=1S/C21H22N2O2/c1-2-25-21(24)14-10-12-15(13-11-14)22-20-16-6-3-4-8-18(16)23-19-9-5-7-17(19)20/h3-4,6,8,10-13,20,22-23H,2,5,7,9H2,1H3. The van der Waals surface area contributed by atoms with Crippen LogP contribution in [0.2, 0.25) is 0 Å². The predicted molar refractivity (Wildman–Crippen MR) is 99.7 cm³/mol. The molecule has 4 heteroatoms. The zero-order valence-electron chi connectivity index (χ0n) is 14.3. The number of hydrogen-bond donors (Lipinski definition) is 2. The molecule has 0 aromatic heterocycles. The second-order valence-electron chi connectivity index (χ2n) is 6.44. The van der Waals surface area contributed by atoms with Crippen molar-refractivity contribution in [3.8, 4) is 0 Å². The first-order chi connectivity index (χ1) is 12.3. The number of hydrogen-bond acceptors (Lipinski definition) is 4. The second-order valence-corrected chi connectivity index (χ2v) is 6.44. The van der Waals surface area contributed by atoms with E-state index < -0.39 is 0 Å². The molecule has 4 rings (SSSR count). The molecule has 1 aliphatic carbocycles. The summed E-state index contributed by atoms with van der Waals surface area (Å²) in [4.78, 5) is 11.8. The van der Waals surface area contributed by atoms with E-state index in [0.717, 1.165) is 18.5 Å². The van der Waals surface area contributed by atoms with Crippen LogP contribution in [0, 0.1) is 0 Å². The fraction of sp³-hybridized carbons (Fsp3) is 0.286. The molecule has 128 valence electrons. The summed E-state index contributed by atoms with van der Waals surface area (Å²) in [6.07, 6.45) is 3.44. The van der Waals surface area contributed by atoms with Crippen molar-refractivity contribution >= 4 is 17.3 Å². The Bertz CT molecular complexity index is 824. The van der Waals surface area contributed by atoms with Crippen LogP contribution in [-0.2, 0) is 4.74 Å². The van der Waals surface area contributed by atoms with Crippen molar-refractivity contribution in [3.05, 3.63) is 70.9 Å². The third-order valence-corrected chi connectivity index (χ3v) is 4.87. The Morgan fingerprint density at radius 3 is 2.76 bits per heavy atom. The minimum absolute atomic E-state index is 0.184. The van der Waals surface area contributed by atoms with Gasteiger partial charge in [-0.15, -0.1) is 0 Å². The van der Waals surface area contributed by atoms with Gasteiger partial charge in [-0.05, 0) is 62.1 Å². The number of carbonyl (C=O) groups excluding carboxylic acids is 1. The second kappa shape index (κ2) is 6.63. The molecule has 2 N–H and O–H groups in total. The topological polar surface area (TPSA) is 50.4 Å². The van der Waals surface area contributed by atoms with Gasteiger partial charge in [-0.1, -0.05) is 18.2 Å². The SMILES string of the molecule is CCOC(=O)c1ccc(NC2C3=C(CCC3)Nc3ccccc32)cc1. The number of allylic oxidation sites excluding steroid dienone is 1. The average Bonchev–Trinajstić information content (AvgIpc) is 3.10. The smallest absolute Gasteiger partial charge is 0.338 e. The number of benzene rings is 2. The molecule has 0 amide bonds.